The van der Waals surface area contributed by atoms with Crippen LogP contribution < -0.4 is 11.6 Å². The Morgan fingerprint density at radius 2 is 1.68 bits per heavy atom. The van der Waals surface area contributed by atoms with E-state index in [-0.39, 0.29) is 5.92 Å². The van der Waals surface area contributed by atoms with E-state index >= 15 is 0 Å². The predicted molar refractivity (Wildman–Crippen MR) is 177 cm³/mol. The van der Waals surface area contributed by atoms with Crippen LogP contribution in [0.4, 0.5) is 0 Å². The highest BCUT2D eigenvalue weighted by atomic mass is 32.1. The van der Waals surface area contributed by atoms with E-state index in [4.69, 9.17) is 16.6 Å². The molecule has 5 heteroatoms. The molecule has 0 saturated heterocycles. The van der Waals surface area contributed by atoms with Crippen molar-refractivity contribution in [3.63, 3.8) is 0 Å². The minimum absolute atomic E-state index is 0.223. The molecule has 3 aromatic carbocycles. The van der Waals surface area contributed by atoms with Crippen LogP contribution in [0.1, 0.15) is 34.9 Å². The lowest BCUT2D eigenvalue weighted by molar-refractivity contribution is 0.733. The number of allylic oxidation sites excluding steroid dienone is 7. The summed E-state index contributed by atoms with van der Waals surface area (Å²) in [5.41, 5.74) is 15.0. The van der Waals surface area contributed by atoms with Gasteiger partial charge < -0.3 is 11.6 Å². The average molecular weight is 555 g/mol. The molecule has 41 heavy (non-hydrogen) atoms. The molecule has 1 aromatic heterocycles. The van der Waals surface area contributed by atoms with Gasteiger partial charge in [0, 0.05) is 33.8 Å². The third kappa shape index (κ3) is 5.46. The summed E-state index contributed by atoms with van der Waals surface area (Å²) < 4.78 is 1.35. The summed E-state index contributed by atoms with van der Waals surface area (Å²) in [6.07, 6.45) is 15.8. The van der Waals surface area contributed by atoms with Crippen LogP contribution in [-0.2, 0) is 6.42 Å². The van der Waals surface area contributed by atoms with Crippen molar-refractivity contribution in [2.75, 3.05) is 7.05 Å². The molecule has 0 bridgehead atoms. The van der Waals surface area contributed by atoms with Crippen molar-refractivity contribution in [1.29, 1.82) is 0 Å². The van der Waals surface area contributed by atoms with Crippen LogP contribution in [0.2, 0.25) is 0 Å². The monoisotopic (exact) mass is 554 g/mol. The van der Waals surface area contributed by atoms with Gasteiger partial charge in [-0.1, -0.05) is 91.9 Å². The van der Waals surface area contributed by atoms with E-state index in [1.165, 1.54) is 31.7 Å². The van der Waals surface area contributed by atoms with Gasteiger partial charge >= 0.3 is 0 Å². The number of hydrogen-bond donors (Lipinski definition) is 2. The van der Waals surface area contributed by atoms with Gasteiger partial charge in [-0.2, -0.15) is 5.10 Å². The normalized spacial score (nSPS) is 19.4. The molecule has 0 radical (unpaired) electrons. The molecule has 2 atom stereocenters. The highest BCUT2D eigenvalue weighted by Gasteiger charge is 2.22. The van der Waals surface area contributed by atoms with Crippen LogP contribution in [0.5, 0.6) is 0 Å². The molecule has 0 fully saturated rings. The Bertz CT molecular complexity index is 1800. The van der Waals surface area contributed by atoms with E-state index in [9.17, 15) is 0 Å². The molecule has 0 spiro atoms. The largest absolute Gasteiger partial charge is 0.382 e. The summed E-state index contributed by atoms with van der Waals surface area (Å²) in [4.78, 5) is 6.27. The van der Waals surface area contributed by atoms with Gasteiger partial charge in [0.05, 0.1) is 0 Å². The first-order valence-corrected chi connectivity index (χ1v) is 14.9. The van der Waals surface area contributed by atoms with Crippen LogP contribution in [0.25, 0.3) is 32.9 Å². The average Bonchev–Trinajstić information content (AvgIpc) is 3.40. The fourth-order valence-corrected chi connectivity index (χ4v) is 6.93. The van der Waals surface area contributed by atoms with Gasteiger partial charge in [0.1, 0.15) is 5.84 Å². The van der Waals surface area contributed by atoms with Gasteiger partial charge in [-0.15, -0.1) is 11.3 Å². The second-order valence-electron chi connectivity index (χ2n) is 10.7. The smallest absolute Gasteiger partial charge is 0.150 e. The van der Waals surface area contributed by atoms with Crippen molar-refractivity contribution < 1.29 is 0 Å². The summed E-state index contributed by atoms with van der Waals surface area (Å²) in [5, 5.41) is 5.02. The molecule has 2 aliphatic rings. The zero-order chi connectivity index (χ0) is 28.3. The Morgan fingerprint density at radius 3 is 2.41 bits per heavy atom. The minimum Gasteiger partial charge on any atom is -0.382 e. The van der Waals surface area contributed by atoms with Crippen molar-refractivity contribution in [3.8, 4) is 11.1 Å². The van der Waals surface area contributed by atoms with Crippen molar-refractivity contribution in [3.05, 3.63) is 130 Å². The van der Waals surface area contributed by atoms with Gasteiger partial charge in [-0.3, -0.25) is 4.99 Å². The molecule has 1 heterocycles. The van der Waals surface area contributed by atoms with Gasteiger partial charge in [-0.05, 0) is 81.8 Å². The lowest BCUT2D eigenvalue weighted by atomic mass is 9.85. The quantitative estimate of drug-likeness (QED) is 0.110. The number of amidine groups is 1. The van der Waals surface area contributed by atoms with Crippen molar-refractivity contribution in [1.82, 2.24) is 0 Å². The number of hydrazone groups is 1. The number of benzene rings is 3. The Kier molecular flexibility index (Phi) is 7.53. The zero-order valence-electron chi connectivity index (χ0n) is 23.4. The highest BCUT2D eigenvalue weighted by Crippen LogP contribution is 2.38. The molecular formula is C36H34N4S. The Hall–Kier alpha value is -4.48. The van der Waals surface area contributed by atoms with E-state index in [1.807, 2.05) is 36.6 Å². The second-order valence-corrected chi connectivity index (χ2v) is 11.9. The molecule has 2 aliphatic carbocycles. The third-order valence-electron chi connectivity index (χ3n) is 7.97. The first-order valence-electron chi connectivity index (χ1n) is 14.0. The lowest BCUT2D eigenvalue weighted by Gasteiger charge is -2.20. The maximum Gasteiger partial charge on any atom is 0.150 e. The Balaban J connectivity index is 1.39. The van der Waals surface area contributed by atoms with E-state index < -0.39 is 0 Å². The summed E-state index contributed by atoms with van der Waals surface area (Å²) in [5.74, 6) is 6.52. The number of nitrogens with zero attached hydrogens (tertiary/aromatic N) is 2. The molecule has 4 aromatic rings. The first-order chi connectivity index (χ1) is 20.0. The topological polar surface area (TPSA) is 76.8 Å². The van der Waals surface area contributed by atoms with Crippen LogP contribution in [0.15, 0.2) is 119 Å². The molecule has 0 saturated carbocycles. The second kappa shape index (κ2) is 11.6. The molecule has 4 N–H and O–H groups in total. The molecule has 6 rings (SSSR count). The van der Waals surface area contributed by atoms with Gasteiger partial charge in [0.2, 0.25) is 0 Å². The number of aliphatic imine (C=N–C) groups is 1. The third-order valence-corrected chi connectivity index (χ3v) is 9.18. The summed E-state index contributed by atoms with van der Waals surface area (Å²) in [6.45, 7) is 2.26. The molecule has 204 valence electrons. The number of thiophene rings is 1. The highest BCUT2D eigenvalue weighted by molar-refractivity contribution is 7.19. The molecule has 0 amide bonds. The molecule has 4 nitrogen and oxygen atoms in total. The molecular weight excluding hydrogens is 520 g/mol. The van der Waals surface area contributed by atoms with E-state index in [2.05, 4.69) is 103 Å². The van der Waals surface area contributed by atoms with Crippen LogP contribution in [-0.4, -0.2) is 18.6 Å². The fourth-order valence-electron chi connectivity index (χ4n) is 5.68. The molecule has 2 unspecified atom stereocenters. The van der Waals surface area contributed by atoms with E-state index in [1.54, 1.807) is 0 Å². The van der Waals surface area contributed by atoms with Gasteiger partial charge in [0.15, 0.2) is 0 Å². The lowest BCUT2D eigenvalue weighted by Crippen LogP contribution is -2.16. The predicted octanol–water partition coefficient (Wildman–Crippen LogP) is 8.01. The Morgan fingerprint density at radius 1 is 0.927 bits per heavy atom. The van der Waals surface area contributed by atoms with E-state index in [0.717, 1.165) is 40.8 Å². The minimum atomic E-state index is 0.223. The first kappa shape index (κ1) is 26.7. The van der Waals surface area contributed by atoms with Crippen LogP contribution in [0, 0.1) is 11.8 Å². The number of hydrogen-bond acceptors (Lipinski definition) is 4. The van der Waals surface area contributed by atoms with E-state index in [0.29, 0.717) is 11.8 Å². The fraction of sp³-hybridized carbons (Fsp3) is 0.167. The number of rotatable bonds is 6. The summed E-state index contributed by atoms with van der Waals surface area (Å²) >= 11 is 1.90. The summed E-state index contributed by atoms with van der Waals surface area (Å²) in [7, 11) is 1.91. The van der Waals surface area contributed by atoms with Gasteiger partial charge in [0.25, 0.3) is 0 Å². The molecule has 0 aliphatic heterocycles. The standard InChI is InChI=1S/C36H34N4S/c1-23-13-15-24(16-14-23)32(27-9-5-7-25(19-27)26-8-6-10-29(20-26)36(37)40-38)22-33(39-2)28-17-18-31-30-11-3-4-12-34(30)41-35(31)21-28/h3-13,15-20,22-23,28H,14,21,38H2,1-2H3,(H2,37,40)/b32-22+,39-33?. The maximum atomic E-state index is 6.00. The summed E-state index contributed by atoms with van der Waals surface area (Å²) in [6, 6.07) is 25.4. The number of nitrogens with two attached hydrogens (primary N) is 2. The van der Waals surface area contributed by atoms with Gasteiger partial charge in [-0.25, -0.2) is 0 Å². The SMILES string of the molecule is CN=C(/C=C(\C1=CCC(C)C=C1)c1cccc(-c2cccc(/C(N)=N/N)c2)c1)C1C=Cc2c(sc3ccccc23)C1. The van der Waals surface area contributed by atoms with Crippen molar-refractivity contribution in [2.45, 2.75) is 19.8 Å². The van der Waals surface area contributed by atoms with Crippen molar-refractivity contribution >= 4 is 44.6 Å². The van der Waals surface area contributed by atoms with Crippen LogP contribution >= 0.6 is 11.3 Å². The van der Waals surface area contributed by atoms with Crippen molar-refractivity contribution in [2.24, 2.45) is 33.5 Å². The van der Waals surface area contributed by atoms with Crippen LogP contribution in [0.3, 0.4) is 0 Å². The zero-order valence-corrected chi connectivity index (χ0v) is 24.2. The number of fused-ring (bicyclic) bond motifs is 3. The Labute approximate surface area is 245 Å². The maximum absolute atomic E-state index is 6.00.